The van der Waals surface area contributed by atoms with E-state index < -0.39 is 0 Å². The Kier molecular flexibility index (Phi) is 5.56. The minimum Gasteiger partial charge on any atom is -0.411 e. The van der Waals surface area contributed by atoms with E-state index in [2.05, 4.69) is 46.8 Å². The number of carbonyl (C=O) groups excluding carboxylic acids is 1. The molecular formula is C26H33N3O3. The molecule has 5 rings (SSSR count). The molecule has 6 nitrogen and oxygen atoms in total. The highest BCUT2D eigenvalue weighted by molar-refractivity contribution is 5.92. The normalized spacial score (nSPS) is 32.2. The monoisotopic (exact) mass is 435 g/mol. The third kappa shape index (κ3) is 3.63. The van der Waals surface area contributed by atoms with E-state index in [-0.39, 0.29) is 11.3 Å². The van der Waals surface area contributed by atoms with Crippen LogP contribution in [-0.4, -0.2) is 22.0 Å². The molecule has 32 heavy (non-hydrogen) atoms. The van der Waals surface area contributed by atoms with Crippen LogP contribution < -0.4 is 5.32 Å². The van der Waals surface area contributed by atoms with Crippen LogP contribution in [0, 0.1) is 30.1 Å². The molecule has 5 atom stereocenters. The SMILES string of the molecule is Cc1cc(NC(=O)CCC[C@@H]2C/C(=N\O)[C@@]3(C)CCC4c5ccccc5CCC4C23)no1. The number of oxime groups is 1. The fourth-order valence-electron chi connectivity index (χ4n) is 7.18. The van der Waals surface area contributed by atoms with Gasteiger partial charge in [-0.2, -0.15) is 0 Å². The molecule has 2 N–H and O–H groups in total. The maximum Gasteiger partial charge on any atom is 0.225 e. The van der Waals surface area contributed by atoms with Crippen molar-refractivity contribution >= 4 is 17.4 Å². The lowest BCUT2D eigenvalue weighted by Crippen LogP contribution is -2.44. The highest BCUT2D eigenvalue weighted by Crippen LogP contribution is 2.62. The molecule has 2 aromatic rings. The maximum atomic E-state index is 12.4. The Labute approximate surface area is 189 Å². The summed E-state index contributed by atoms with van der Waals surface area (Å²) in [6, 6.07) is 10.7. The molecule has 3 aliphatic carbocycles. The number of aryl methyl sites for hydroxylation is 2. The van der Waals surface area contributed by atoms with Gasteiger partial charge in [-0.25, -0.2) is 0 Å². The molecule has 0 saturated heterocycles. The average Bonchev–Trinajstić information content (AvgIpc) is 3.33. The first-order valence-electron chi connectivity index (χ1n) is 12.0. The van der Waals surface area contributed by atoms with E-state index >= 15 is 0 Å². The zero-order chi connectivity index (χ0) is 22.3. The van der Waals surface area contributed by atoms with Gasteiger partial charge in [0.15, 0.2) is 5.82 Å². The van der Waals surface area contributed by atoms with Gasteiger partial charge in [0.1, 0.15) is 5.76 Å². The van der Waals surface area contributed by atoms with Gasteiger partial charge >= 0.3 is 0 Å². The highest BCUT2D eigenvalue weighted by atomic mass is 16.5. The van der Waals surface area contributed by atoms with Gasteiger partial charge in [-0.3, -0.25) is 4.79 Å². The third-order valence-corrected chi connectivity index (χ3v) is 8.51. The van der Waals surface area contributed by atoms with Crippen LogP contribution in [0.3, 0.4) is 0 Å². The van der Waals surface area contributed by atoms with Crippen molar-refractivity contribution in [1.82, 2.24) is 5.16 Å². The average molecular weight is 436 g/mol. The van der Waals surface area contributed by atoms with Crippen LogP contribution in [0.2, 0.25) is 0 Å². The number of benzene rings is 1. The molecule has 0 spiro atoms. The van der Waals surface area contributed by atoms with Gasteiger partial charge in [0.2, 0.25) is 5.91 Å². The Morgan fingerprint density at radius 2 is 2.19 bits per heavy atom. The van der Waals surface area contributed by atoms with Gasteiger partial charge in [0.25, 0.3) is 0 Å². The summed E-state index contributed by atoms with van der Waals surface area (Å²) in [6.45, 7) is 4.13. The number of hydrogen-bond donors (Lipinski definition) is 2. The Hall–Kier alpha value is -2.63. The van der Waals surface area contributed by atoms with Crippen molar-refractivity contribution in [2.45, 2.75) is 71.1 Å². The number of nitrogens with zero attached hydrogens (tertiary/aromatic N) is 2. The van der Waals surface area contributed by atoms with Crippen molar-refractivity contribution < 1.29 is 14.5 Å². The lowest BCUT2D eigenvalue weighted by atomic mass is 9.54. The first kappa shape index (κ1) is 21.2. The van der Waals surface area contributed by atoms with E-state index in [1.54, 1.807) is 18.6 Å². The quantitative estimate of drug-likeness (QED) is 0.465. The van der Waals surface area contributed by atoms with Crippen molar-refractivity contribution in [3.05, 3.63) is 47.2 Å². The molecule has 1 amide bonds. The molecule has 3 aliphatic rings. The molecule has 6 heteroatoms. The summed E-state index contributed by atoms with van der Waals surface area (Å²) in [7, 11) is 0. The van der Waals surface area contributed by atoms with Gasteiger partial charge in [0.05, 0.1) is 5.71 Å². The van der Waals surface area contributed by atoms with Gasteiger partial charge in [0, 0.05) is 17.9 Å². The number of amides is 1. The Bertz CT molecular complexity index is 1030. The topological polar surface area (TPSA) is 87.7 Å². The predicted molar refractivity (Wildman–Crippen MR) is 123 cm³/mol. The minimum atomic E-state index is -0.0248. The van der Waals surface area contributed by atoms with E-state index in [0.29, 0.717) is 41.7 Å². The van der Waals surface area contributed by atoms with E-state index in [0.717, 1.165) is 37.8 Å². The Balaban J connectivity index is 1.29. The van der Waals surface area contributed by atoms with Crippen LogP contribution >= 0.6 is 0 Å². The first-order valence-corrected chi connectivity index (χ1v) is 12.0. The Morgan fingerprint density at radius 3 is 2.97 bits per heavy atom. The number of hydrogen-bond acceptors (Lipinski definition) is 5. The summed E-state index contributed by atoms with van der Waals surface area (Å²) in [6.07, 6.45) is 7.73. The second-order valence-corrected chi connectivity index (χ2v) is 10.3. The van der Waals surface area contributed by atoms with Crippen LogP contribution in [-0.2, 0) is 11.2 Å². The summed E-state index contributed by atoms with van der Waals surface area (Å²) in [5.41, 5.74) is 4.02. The summed E-state index contributed by atoms with van der Waals surface area (Å²) in [4.78, 5) is 12.4. The maximum absolute atomic E-state index is 12.4. The smallest absolute Gasteiger partial charge is 0.225 e. The van der Waals surface area contributed by atoms with Crippen molar-refractivity contribution in [3.63, 3.8) is 0 Å². The zero-order valence-electron chi connectivity index (χ0n) is 19.0. The van der Waals surface area contributed by atoms with Crippen LogP contribution in [0.1, 0.15) is 74.7 Å². The number of aromatic nitrogens is 1. The van der Waals surface area contributed by atoms with Crippen molar-refractivity contribution in [1.29, 1.82) is 0 Å². The van der Waals surface area contributed by atoms with Crippen LogP contribution in [0.4, 0.5) is 5.82 Å². The van der Waals surface area contributed by atoms with Crippen LogP contribution in [0.25, 0.3) is 0 Å². The summed E-state index contributed by atoms with van der Waals surface area (Å²) >= 11 is 0. The second kappa shape index (κ2) is 8.38. The lowest BCUT2D eigenvalue weighted by molar-refractivity contribution is -0.116. The predicted octanol–water partition coefficient (Wildman–Crippen LogP) is 5.70. The van der Waals surface area contributed by atoms with Gasteiger partial charge in [-0.05, 0) is 86.7 Å². The highest BCUT2D eigenvalue weighted by Gasteiger charge is 2.57. The van der Waals surface area contributed by atoms with Crippen molar-refractivity contribution in [2.24, 2.45) is 28.3 Å². The number of anilines is 1. The Morgan fingerprint density at radius 1 is 1.34 bits per heavy atom. The summed E-state index contributed by atoms with van der Waals surface area (Å²) in [5.74, 6) is 3.35. The second-order valence-electron chi connectivity index (χ2n) is 10.3. The first-order chi connectivity index (χ1) is 15.5. The summed E-state index contributed by atoms with van der Waals surface area (Å²) < 4.78 is 5.02. The number of carbonyl (C=O) groups is 1. The van der Waals surface area contributed by atoms with E-state index in [1.807, 2.05) is 0 Å². The zero-order valence-corrected chi connectivity index (χ0v) is 19.0. The van der Waals surface area contributed by atoms with Gasteiger partial charge in [-0.1, -0.05) is 41.5 Å². The lowest BCUT2D eigenvalue weighted by Gasteiger charge is -2.50. The third-order valence-electron chi connectivity index (χ3n) is 8.51. The van der Waals surface area contributed by atoms with Crippen LogP contribution in [0.5, 0.6) is 0 Å². The fourth-order valence-corrected chi connectivity index (χ4v) is 7.18. The molecule has 2 fully saturated rings. The fraction of sp³-hybridized carbons (Fsp3) is 0.577. The van der Waals surface area contributed by atoms with E-state index in [9.17, 15) is 10.0 Å². The van der Waals surface area contributed by atoms with E-state index in [4.69, 9.17) is 4.52 Å². The molecule has 1 heterocycles. The van der Waals surface area contributed by atoms with Gasteiger partial charge < -0.3 is 15.0 Å². The number of fused-ring (bicyclic) bond motifs is 5. The molecule has 1 aromatic carbocycles. The molecule has 0 aliphatic heterocycles. The largest absolute Gasteiger partial charge is 0.411 e. The van der Waals surface area contributed by atoms with Gasteiger partial charge in [-0.15, -0.1) is 0 Å². The minimum absolute atomic E-state index is 0.0205. The molecule has 0 bridgehead atoms. The summed E-state index contributed by atoms with van der Waals surface area (Å²) in [5, 5.41) is 20.3. The molecule has 2 saturated carbocycles. The van der Waals surface area contributed by atoms with Crippen LogP contribution in [0.15, 0.2) is 40.0 Å². The molecule has 3 unspecified atom stereocenters. The number of rotatable bonds is 5. The molecule has 1 aromatic heterocycles. The van der Waals surface area contributed by atoms with Crippen molar-refractivity contribution in [3.8, 4) is 0 Å². The molecular weight excluding hydrogens is 402 g/mol. The number of nitrogens with one attached hydrogen (secondary N) is 1. The standard InChI is InChI=1S/C26H33N3O3/c1-16-14-23(29-32-16)27-24(30)9-5-7-18-15-22(28-31)26(2)13-12-20-19-8-4-3-6-17(19)10-11-21(20)25(18)26/h3-4,6,8,14,18,20-21,25,31H,5,7,9-13,15H2,1-2H3,(H,27,29,30)/b28-22+/t18-,20?,21?,25?,26-/m1/s1. The molecule has 170 valence electrons. The van der Waals surface area contributed by atoms with E-state index in [1.165, 1.54) is 18.4 Å². The molecule has 0 radical (unpaired) electrons. The van der Waals surface area contributed by atoms with Crippen molar-refractivity contribution in [2.75, 3.05) is 5.32 Å².